The molecule has 3 rings (SSSR count). The molecule has 140 valence electrons. The topological polar surface area (TPSA) is 93.2 Å². The highest BCUT2D eigenvalue weighted by Gasteiger charge is 2.09. The van der Waals surface area contributed by atoms with Gasteiger partial charge in [0.1, 0.15) is 11.6 Å². The average Bonchev–Trinajstić information content (AvgIpc) is 2.65. The molecule has 3 aromatic rings. The smallest absolute Gasteiger partial charge is 0.316 e. The highest BCUT2D eigenvalue weighted by atomic mass is 19.1. The molecule has 0 atom stereocenters. The summed E-state index contributed by atoms with van der Waals surface area (Å²) in [6, 6.07) is 12.9. The van der Waals surface area contributed by atoms with Gasteiger partial charge in [-0.15, -0.1) is 0 Å². The summed E-state index contributed by atoms with van der Waals surface area (Å²) in [6.07, 6.45) is 0.158. The van der Waals surface area contributed by atoms with Gasteiger partial charge in [0.05, 0.1) is 24.1 Å². The Bertz CT molecular complexity index is 1060. The standard InChI is InChI=1S/C19H18FN3O4/c20-13-6-7-16-15(12-13)22-18(25)19(26)23(16)10-9-21-17(24)8-11-27-14-4-2-1-3-5-14/h1-7,12H,8-11H2,(H,21,24)(H,22,25). The normalized spacial score (nSPS) is 10.7. The molecule has 0 saturated carbocycles. The number of hydrogen-bond acceptors (Lipinski definition) is 4. The lowest BCUT2D eigenvalue weighted by Crippen LogP contribution is -2.39. The van der Waals surface area contributed by atoms with Crippen molar-refractivity contribution in [3.05, 3.63) is 75.1 Å². The van der Waals surface area contributed by atoms with E-state index in [1.54, 1.807) is 12.1 Å². The van der Waals surface area contributed by atoms with Crippen LogP contribution < -0.4 is 21.2 Å². The van der Waals surface area contributed by atoms with E-state index in [1.165, 1.54) is 16.7 Å². The number of amides is 1. The Morgan fingerprint density at radius 2 is 1.93 bits per heavy atom. The van der Waals surface area contributed by atoms with Crippen molar-refractivity contribution in [3.8, 4) is 5.75 Å². The van der Waals surface area contributed by atoms with Crippen molar-refractivity contribution in [1.29, 1.82) is 0 Å². The maximum atomic E-state index is 13.3. The van der Waals surface area contributed by atoms with Gasteiger partial charge in [-0.3, -0.25) is 14.4 Å². The van der Waals surface area contributed by atoms with Crippen molar-refractivity contribution in [1.82, 2.24) is 14.9 Å². The van der Waals surface area contributed by atoms with Crippen molar-refractivity contribution in [2.45, 2.75) is 13.0 Å². The molecule has 0 aliphatic carbocycles. The van der Waals surface area contributed by atoms with E-state index in [9.17, 15) is 18.8 Å². The van der Waals surface area contributed by atoms with Crippen molar-refractivity contribution >= 4 is 16.9 Å². The fourth-order valence-corrected chi connectivity index (χ4v) is 2.65. The summed E-state index contributed by atoms with van der Waals surface area (Å²) in [6.45, 7) is 0.471. The first-order valence-electron chi connectivity index (χ1n) is 8.41. The van der Waals surface area contributed by atoms with Crippen LogP contribution in [0.15, 0.2) is 58.1 Å². The molecule has 0 saturated heterocycles. The number of benzene rings is 2. The molecule has 0 unspecified atom stereocenters. The Labute approximate surface area is 153 Å². The lowest BCUT2D eigenvalue weighted by molar-refractivity contribution is -0.121. The third-order valence-corrected chi connectivity index (χ3v) is 3.94. The number of aromatic amines is 1. The molecule has 2 aromatic carbocycles. The number of hydrogen-bond donors (Lipinski definition) is 2. The number of fused-ring (bicyclic) bond motifs is 1. The van der Waals surface area contributed by atoms with Gasteiger partial charge in [-0.25, -0.2) is 4.39 Å². The highest BCUT2D eigenvalue weighted by Crippen LogP contribution is 2.10. The number of para-hydroxylation sites is 1. The minimum Gasteiger partial charge on any atom is -0.493 e. The lowest BCUT2D eigenvalue weighted by atomic mass is 10.3. The molecule has 1 aromatic heterocycles. The molecule has 0 spiro atoms. The van der Waals surface area contributed by atoms with Crippen LogP contribution in [-0.4, -0.2) is 28.6 Å². The van der Waals surface area contributed by atoms with Crippen LogP contribution in [0.3, 0.4) is 0 Å². The minimum atomic E-state index is -0.837. The number of halogens is 1. The summed E-state index contributed by atoms with van der Waals surface area (Å²) in [5, 5.41) is 2.68. The zero-order valence-corrected chi connectivity index (χ0v) is 14.4. The molecule has 1 heterocycles. The fraction of sp³-hybridized carbons (Fsp3) is 0.211. The van der Waals surface area contributed by atoms with Gasteiger partial charge in [0.15, 0.2) is 0 Å². The van der Waals surface area contributed by atoms with Crippen LogP contribution in [-0.2, 0) is 11.3 Å². The van der Waals surface area contributed by atoms with Crippen LogP contribution in [0, 0.1) is 5.82 Å². The number of H-pyrrole nitrogens is 1. The molecular weight excluding hydrogens is 353 g/mol. The SMILES string of the molecule is O=C(CCOc1ccccc1)NCCn1c(=O)c(=O)[nH]c2cc(F)ccc21. The quantitative estimate of drug-likeness (QED) is 0.614. The van der Waals surface area contributed by atoms with E-state index in [2.05, 4.69) is 10.3 Å². The van der Waals surface area contributed by atoms with Gasteiger partial charge in [-0.1, -0.05) is 18.2 Å². The zero-order valence-electron chi connectivity index (χ0n) is 14.4. The van der Waals surface area contributed by atoms with E-state index in [0.717, 1.165) is 6.07 Å². The predicted octanol–water partition coefficient (Wildman–Crippen LogP) is 1.41. The molecule has 7 nitrogen and oxygen atoms in total. The van der Waals surface area contributed by atoms with Gasteiger partial charge in [0, 0.05) is 13.1 Å². The largest absolute Gasteiger partial charge is 0.493 e. The number of nitrogens with zero attached hydrogens (tertiary/aromatic N) is 1. The van der Waals surface area contributed by atoms with Crippen LogP contribution in [0.1, 0.15) is 6.42 Å². The van der Waals surface area contributed by atoms with Crippen LogP contribution in [0.25, 0.3) is 11.0 Å². The van der Waals surface area contributed by atoms with Gasteiger partial charge in [-0.2, -0.15) is 0 Å². The molecule has 8 heteroatoms. The number of carbonyl (C=O) groups is 1. The highest BCUT2D eigenvalue weighted by molar-refractivity contribution is 5.76. The van der Waals surface area contributed by atoms with Gasteiger partial charge in [0.2, 0.25) is 5.91 Å². The molecule has 1 amide bonds. The van der Waals surface area contributed by atoms with Crippen molar-refractivity contribution in [3.63, 3.8) is 0 Å². The maximum Gasteiger partial charge on any atom is 0.316 e. The van der Waals surface area contributed by atoms with Crippen LogP contribution in [0.5, 0.6) is 5.75 Å². The van der Waals surface area contributed by atoms with Gasteiger partial charge < -0.3 is 19.6 Å². The Kier molecular flexibility index (Phi) is 5.65. The fourth-order valence-electron chi connectivity index (χ4n) is 2.65. The monoisotopic (exact) mass is 371 g/mol. The number of aromatic nitrogens is 2. The summed E-state index contributed by atoms with van der Waals surface area (Å²) in [4.78, 5) is 38.0. The third kappa shape index (κ3) is 4.60. The molecule has 0 fully saturated rings. The molecule has 0 aliphatic heterocycles. The average molecular weight is 371 g/mol. The summed E-state index contributed by atoms with van der Waals surface area (Å²) in [5.74, 6) is -0.0756. The summed E-state index contributed by atoms with van der Waals surface area (Å²) < 4.78 is 20.0. The van der Waals surface area contributed by atoms with Crippen molar-refractivity contribution in [2.24, 2.45) is 0 Å². The molecule has 0 radical (unpaired) electrons. The van der Waals surface area contributed by atoms with Crippen LogP contribution in [0.2, 0.25) is 0 Å². The minimum absolute atomic E-state index is 0.0934. The molecule has 2 N–H and O–H groups in total. The summed E-state index contributed by atoms with van der Waals surface area (Å²) >= 11 is 0. The number of carbonyl (C=O) groups excluding carboxylic acids is 1. The molecule has 27 heavy (non-hydrogen) atoms. The van der Waals surface area contributed by atoms with E-state index in [4.69, 9.17) is 4.74 Å². The molecule has 0 aliphatic rings. The molecular formula is C19H18FN3O4. The first kappa shape index (κ1) is 18.4. The number of ether oxygens (including phenoxy) is 1. The van der Waals surface area contributed by atoms with E-state index < -0.39 is 16.9 Å². The Morgan fingerprint density at radius 3 is 2.70 bits per heavy atom. The Balaban J connectivity index is 1.57. The Hall–Kier alpha value is -3.42. The second-order valence-corrected chi connectivity index (χ2v) is 5.83. The first-order valence-corrected chi connectivity index (χ1v) is 8.41. The van der Waals surface area contributed by atoms with E-state index in [-0.39, 0.29) is 37.5 Å². The number of rotatable bonds is 7. The zero-order chi connectivity index (χ0) is 19.2. The van der Waals surface area contributed by atoms with Crippen LogP contribution in [0.4, 0.5) is 4.39 Å². The van der Waals surface area contributed by atoms with Crippen LogP contribution >= 0.6 is 0 Å². The maximum absolute atomic E-state index is 13.3. The van der Waals surface area contributed by atoms with E-state index in [0.29, 0.717) is 11.3 Å². The second kappa shape index (κ2) is 8.31. The summed E-state index contributed by atoms with van der Waals surface area (Å²) in [5.41, 5.74) is -0.976. The van der Waals surface area contributed by atoms with Gasteiger partial charge in [-0.05, 0) is 30.3 Å². The van der Waals surface area contributed by atoms with Crippen molar-refractivity contribution < 1.29 is 13.9 Å². The van der Waals surface area contributed by atoms with Crippen molar-refractivity contribution in [2.75, 3.05) is 13.2 Å². The van der Waals surface area contributed by atoms with E-state index >= 15 is 0 Å². The first-order chi connectivity index (χ1) is 13.0. The predicted molar refractivity (Wildman–Crippen MR) is 98.4 cm³/mol. The second-order valence-electron chi connectivity index (χ2n) is 5.83. The van der Waals surface area contributed by atoms with E-state index in [1.807, 2.05) is 18.2 Å². The van der Waals surface area contributed by atoms with Gasteiger partial charge in [0.25, 0.3) is 0 Å². The van der Waals surface area contributed by atoms with Gasteiger partial charge >= 0.3 is 11.1 Å². The Morgan fingerprint density at radius 1 is 1.15 bits per heavy atom. The molecule has 0 bridgehead atoms. The number of nitrogens with one attached hydrogen (secondary N) is 2. The summed E-state index contributed by atoms with van der Waals surface area (Å²) in [7, 11) is 0. The third-order valence-electron chi connectivity index (χ3n) is 3.94. The lowest BCUT2D eigenvalue weighted by Gasteiger charge is -2.11.